The highest BCUT2D eigenvalue weighted by Crippen LogP contribution is 2.38. The summed E-state index contributed by atoms with van der Waals surface area (Å²) in [6, 6.07) is 12.9. The van der Waals surface area contributed by atoms with Crippen LogP contribution in [0.5, 0.6) is 11.5 Å². The lowest BCUT2D eigenvalue weighted by Crippen LogP contribution is -2.04. The monoisotopic (exact) mass is 266 g/mol. The van der Waals surface area contributed by atoms with Crippen LogP contribution >= 0.6 is 0 Å². The molecule has 0 radical (unpaired) electrons. The minimum atomic E-state index is -0.0734. The molecule has 1 aliphatic heterocycles. The zero-order valence-corrected chi connectivity index (χ0v) is 10.5. The number of fused-ring (bicyclic) bond motifs is 3. The van der Waals surface area contributed by atoms with Crippen molar-refractivity contribution >= 4 is 11.0 Å². The van der Waals surface area contributed by atoms with Gasteiger partial charge in [0.1, 0.15) is 6.26 Å². The van der Waals surface area contributed by atoms with E-state index >= 15 is 0 Å². The van der Waals surface area contributed by atoms with Crippen LogP contribution in [0.25, 0.3) is 22.1 Å². The number of rotatable bonds is 1. The Morgan fingerprint density at radius 2 is 1.80 bits per heavy atom. The summed E-state index contributed by atoms with van der Waals surface area (Å²) in [6.07, 6.45) is 1.47. The molecule has 0 aliphatic carbocycles. The quantitative estimate of drug-likeness (QED) is 0.678. The van der Waals surface area contributed by atoms with Gasteiger partial charge in [0.25, 0.3) is 0 Å². The van der Waals surface area contributed by atoms with Crippen LogP contribution < -0.4 is 14.9 Å². The summed E-state index contributed by atoms with van der Waals surface area (Å²) in [6.45, 7) is 0.151. The van der Waals surface area contributed by atoms with Gasteiger partial charge >= 0.3 is 0 Å². The summed E-state index contributed by atoms with van der Waals surface area (Å²) < 4.78 is 16.3. The second kappa shape index (κ2) is 4.13. The first kappa shape index (κ1) is 11.1. The molecule has 0 amide bonds. The fourth-order valence-electron chi connectivity index (χ4n) is 2.38. The third-order valence-corrected chi connectivity index (χ3v) is 3.36. The molecule has 1 aliphatic rings. The molecule has 1 aromatic heterocycles. The molecule has 0 spiro atoms. The van der Waals surface area contributed by atoms with Crippen molar-refractivity contribution in [1.82, 2.24) is 0 Å². The molecule has 4 rings (SSSR count). The fraction of sp³-hybridized carbons (Fsp3) is 0.0625. The Morgan fingerprint density at radius 3 is 2.65 bits per heavy atom. The molecule has 3 aromatic rings. The first-order chi connectivity index (χ1) is 9.84. The van der Waals surface area contributed by atoms with E-state index in [2.05, 4.69) is 0 Å². The predicted molar refractivity (Wildman–Crippen MR) is 74.0 cm³/mol. The van der Waals surface area contributed by atoms with Crippen molar-refractivity contribution in [2.24, 2.45) is 0 Å². The number of ether oxygens (including phenoxy) is 2. The van der Waals surface area contributed by atoms with E-state index in [4.69, 9.17) is 13.9 Å². The Morgan fingerprint density at radius 1 is 0.950 bits per heavy atom. The Balaban J connectivity index is 2.02. The summed E-state index contributed by atoms with van der Waals surface area (Å²) >= 11 is 0. The molecule has 0 unspecified atom stereocenters. The molecule has 0 saturated heterocycles. The lowest BCUT2D eigenvalue weighted by atomic mass is 10.1. The Hall–Kier alpha value is -2.75. The van der Waals surface area contributed by atoms with Gasteiger partial charge in [-0.3, -0.25) is 4.79 Å². The number of hydrogen-bond donors (Lipinski definition) is 0. The van der Waals surface area contributed by atoms with Gasteiger partial charge in [0.15, 0.2) is 11.3 Å². The van der Waals surface area contributed by atoms with Gasteiger partial charge in [-0.2, -0.15) is 0 Å². The van der Waals surface area contributed by atoms with E-state index < -0.39 is 0 Å². The van der Waals surface area contributed by atoms with Crippen molar-refractivity contribution in [1.29, 1.82) is 0 Å². The van der Waals surface area contributed by atoms with Gasteiger partial charge in [-0.15, -0.1) is 0 Å². The van der Waals surface area contributed by atoms with Gasteiger partial charge in [-0.1, -0.05) is 30.3 Å². The first-order valence-electron chi connectivity index (χ1n) is 6.24. The predicted octanol–water partition coefficient (Wildman–Crippen LogP) is 3.19. The Bertz CT molecular complexity index is 849. The summed E-state index contributed by atoms with van der Waals surface area (Å²) in [5.74, 6) is 1.10. The highest BCUT2D eigenvalue weighted by Gasteiger charge is 2.20. The molecule has 0 atom stereocenters. The van der Waals surface area contributed by atoms with Gasteiger partial charge in [0, 0.05) is 0 Å². The summed E-state index contributed by atoms with van der Waals surface area (Å²) in [4.78, 5) is 12.6. The topological polar surface area (TPSA) is 48.7 Å². The maximum atomic E-state index is 12.6. The van der Waals surface area contributed by atoms with Gasteiger partial charge in [-0.05, 0) is 17.7 Å². The third-order valence-electron chi connectivity index (χ3n) is 3.36. The van der Waals surface area contributed by atoms with Crippen molar-refractivity contribution in [2.75, 3.05) is 6.79 Å². The molecule has 2 heterocycles. The van der Waals surface area contributed by atoms with E-state index in [0.717, 1.165) is 5.56 Å². The van der Waals surface area contributed by atoms with Gasteiger partial charge in [0.2, 0.25) is 18.0 Å². The van der Waals surface area contributed by atoms with E-state index in [-0.39, 0.29) is 12.2 Å². The van der Waals surface area contributed by atoms with E-state index in [9.17, 15) is 4.79 Å². The maximum Gasteiger partial charge on any atom is 0.231 e. The molecule has 4 nitrogen and oxygen atoms in total. The zero-order valence-electron chi connectivity index (χ0n) is 10.5. The molecule has 0 N–H and O–H groups in total. The second-order valence-corrected chi connectivity index (χ2v) is 4.52. The van der Waals surface area contributed by atoms with E-state index in [1.54, 1.807) is 12.1 Å². The second-order valence-electron chi connectivity index (χ2n) is 4.52. The standard InChI is InChI=1S/C16H10O4/c17-14-11-6-7-13-16(20-9-19-13)15(11)18-8-12(14)10-4-2-1-3-5-10/h1-8H,9H2. The smallest absolute Gasteiger partial charge is 0.231 e. The van der Waals surface area contributed by atoms with Crippen molar-refractivity contribution in [3.05, 3.63) is 59.0 Å². The Labute approximate surface area is 114 Å². The van der Waals surface area contributed by atoms with Gasteiger partial charge in [0.05, 0.1) is 10.9 Å². The number of benzene rings is 2. The van der Waals surface area contributed by atoms with Crippen LogP contribution in [0.1, 0.15) is 0 Å². The molecular formula is C16H10O4. The molecule has 4 heteroatoms. The van der Waals surface area contributed by atoms with Gasteiger partial charge < -0.3 is 13.9 Å². The van der Waals surface area contributed by atoms with Crippen LogP contribution in [0.4, 0.5) is 0 Å². The van der Waals surface area contributed by atoms with Crippen molar-refractivity contribution < 1.29 is 13.9 Å². The van der Waals surface area contributed by atoms with E-state index in [1.807, 2.05) is 30.3 Å². The highest BCUT2D eigenvalue weighted by atomic mass is 16.7. The largest absolute Gasteiger partial charge is 0.459 e. The average Bonchev–Trinajstić information content (AvgIpc) is 2.97. The third kappa shape index (κ3) is 1.51. The van der Waals surface area contributed by atoms with Crippen LogP contribution in [0, 0.1) is 0 Å². The summed E-state index contributed by atoms with van der Waals surface area (Å²) in [5.41, 5.74) is 1.73. The fourth-order valence-corrected chi connectivity index (χ4v) is 2.38. The van der Waals surface area contributed by atoms with Crippen LogP contribution in [-0.4, -0.2) is 6.79 Å². The number of hydrogen-bond acceptors (Lipinski definition) is 4. The highest BCUT2D eigenvalue weighted by molar-refractivity contribution is 5.88. The van der Waals surface area contributed by atoms with Crippen molar-refractivity contribution in [3.63, 3.8) is 0 Å². The minimum absolute atomic E-state index is 0.0734. The first-order valence-corrected chi connectivity index (χ1v) is 6.24. The maximum absolute atomic E-state index is 12.6. The van der Waals surface area contributed by atoms with Crippen LogP contribution in [-0.2, 0) is 0 Å². The molecule has 0 saturated carbocycles. The minimum Gasteiger partial charge on any atom is -0.459 e. The lowest BCUT2D eigenvalue weighted by molar-refractivity contribution is 0.174. The van der Waals surface area contributed by atoms with Crippen LogP contribution in [0.15, 0.2) is 57.9 Å². The van der Waals surface area contributed by atoms with E-state index in [0.29, 0.717) is 28.0 Å². The Kier molecular flexibility index (Phi) is 2.29. The molecule has 2 aromatic carbocycles. The summed E-state index contributed by atoms with van der Waals surface area (Å²) in [7, 11) is 0. The normalized spacial score (nSPS) is 12.8. The zero-order chi connectivity index (χ0) is 13.5. The van der Waals surface area contributed by atoms with Crippen LogP contribution in [0.2, 0.25) is 0 Å². The average molecular weight is 266 g/mol. The molecule has 98 valence electrons. The molecular weight excluding hydrogens is 256 g/mol. The molecule has 0 fully saturated rings. The van der Waals surface area contributed by atoms with Crippen molar-refractivity contribution in [3.8, 4) is 22.6 Å². The summed E-state index contributed by atoms with van der Waals surface area (Å²) in [5, 5.41) is 0.496. The SMILES string of the molecule is O=c1c(-c2ccccc2)coc2c3c(ccc12)OCO3. The molecule has 0 bridgehead atoms. The molecule has 20 heavy (non-hydrogen) atoms. The van der Waals surface area contributed by atoms with E-state index in [1.165, 1.54) is 6.26 Å². The van der Waals surface area contributed by atoms with Gasteiger partial charge in [-0.25, -0.2) is 0 Å². The van der Waals surface area contributed by atoms with Crippen LogP contribution in [0.3, 0.4) is 0 Å². The van der Waals surface area contributed by atoms with Crippen molar-refractivity contribution in [2.45, 2.75) is 0 Å². The lowest BCUT2D eigenvalue weighted by Gasteiger charge is -2.04.